The summed E-state index contributed by atoms with van der Waals surface area (Å²) in [6.45, 7) is 5.57. The van der Waals surface area contributed by atoms with Crippen molar-refractivity contribution in [3.63, 3.8) is 0 Å². The van der Waals surface area contributed by atoms with Gasteiger partial charge in [-0.3, -0.25) is 4.79 Å². The summed E-state index contributed by atoms with van der Waals surface area (Å²) in [7, 11) is 0. The van der Waals surface area contributed by atoms with Crippen LogP contribution in [0.4, 0.5) is 0 Å². The number of carbonyl (C=O) groups excluding carboxylic acids is 1. The van der Waals surface area contributed by atoms with Gasteiger partial charge in [0.15, 0.2) is 0 Å². The van der Waals surface area contributed by atoms with Crippen molar-refractivity contribution in [2.75, 3.05) is 0 Å². The van der Waals surface area contributed by atoms with Gasteiger partial charge in [0, 0.05) is 18.0 Å². The quantitative estimate of drug-likeness (QED) is 0.856. The molecule has 0 aromatic heterocycles. The Balaban J connectivity index is 2.55. The highest BCUT2D eigenvalue weighted by Gasteiger charge is 2.32. The molecule has 1 amide bonds. The third-order valence-electron chi connectivity index (χ3n) is 3.50. The van der Waals surface area contributed by atoms with Gasteiger partial charge in [-0.15, -0.1) is 0 Å². The van der Waals surface area contributed by atoms with Gasteiger partial charge in [0.25, 0.3) is 0 Å². The monoisotopic (exact) mass is 259 g/mol. The highest BCUT2D eigenvalue weighted by atomic mass is 16.4. The Labute approximate surface area is 112 Å². The lowest BCUT2D eigenvalue weighted by atomic mass is 9.82. The molecule has 2 rings (SSSR count). The number of amides is 1. The first-order valence-electron chi connectivity index (χ1n) is 6.21. The largest absolute Gasteiger partial charge is 0.478 e. The number of hydrogen-bond acceptors (Lipinski definition) is 2. The maximum atomic E-state index is 11.7. The fourth-order valence-electron chi connectivity index (χ4n) is 2.67. The van der Waals surface area contributed by atoms with Crippen LogP contribution >= 0.6 is 0 Å². The van der Waals surface area contributed by atoms with Crippen LogP contribution in [0, 0.1) is 13.8 Å². The van der Waals surface area contributed by atoms with Crippen molar-refractivity contribution in [1.29, 1.82) is 0 Å². The molecule has 1 aromatic carbocycles. The number of benzene rings is 1. The molecule has 1 atom stereocenters. The van der Waals surface area contributed by atoms with Crippen LogP contribution in [-0.2, 0) is 9.59 Å². The first-order chi connectivity index (χ1) is 8.90. The van der Waals surface area contributed by atoms with Crippen LogP contribution in [0.5, 0.6) is 0 Å². The van der Waals surface area contributed by atoms with E-state index in [0.29, 0.717) is 5.70 Å². The van der Waals surface area contributed by atoms with E-state index in [9.17, 15) is 14.7 Å². The first kappa shape index (κ1) is 13.3. The van der Waals surface area contributed by atoms with Gasteiger partial charge in [-0.2, -0.15) is 0 Å². The topological polar surface area (TPSA) is 66.4 Å². The average molecular weight is 259 g/mol. The number of carbonyl (C=O) groups is 2. The first-order valence-corrected chi connectivity index (χ1v) is 6.21. The third-order valence-corrected chi connectivity index (χ3v) is 3.50. The fraction of sp³-hybridized carbons (Fsp3) is 0.333. The van der Waals surface area contributed by atoms with Gasteiger partial charge < -0.3 is 10.4 Å². The van der Waals surface area contributed by atoms with Crippen molar-refractivity contribution in [2.45, 2.75) is 33.1 Å². The van der Waals surface area contributed by atoms with Crippen LogP contribution in [-0.4, -0.2) is 17.0 Å². The summed E-state index contributed by atoms with van der Waals surface area (Å²) in [5.41, 5.74) is 3.78. The Hall–Kier alpha value is -2.10. The van der Waals surface area contributed by atoms with Gasteiger partial charge in [0.1, 0.15) is 0 Å². The lowest BCUT2D eigenvalue weighted by Gasteiger charge is -2.26. The van der Waals surface area contributed by atoms with E-state index in [0.717, 1.165) is 16.7 Å². The number of aliphatic carboxylic acids is 1. The molecule has 1 aromatic rings. The molecule has 4 nitrogen and oxygen atoms in total. The number of carboxylic acids is 1. The van der Waals surface area contributed by atoms with E-state index in [2.05, 4.69) is 5.32 Å². The maximum Gasteiger partial charge on any atom is 0.333 e. The molecular formula is C15H17NO3. The van der Waals surface area contributed by atoms with Crippen molar-refractivity contribution in [3.8, 4) is 0 Å². The van der Waals surface area contributed by atoms with Crippen molar-refractivity contribution >= 4 is 11.9 Å². The normalized spacial score (nSPS) is 19.3. The van der Waals surface area contributed by atoms with E-state index in [4.69, 9.17) is 0 Å². The lowest BCUT2D eigenvalue weighted by Crippen LogP contribution is -2.33. The second-order valence-electron chi connectivity index (χ2n) is 5.01. The van der Waals surface area contributed by atoms with Crippen molar-refractivity contribution < 1.29 is 14.7 Å². The van der Waals surface area contributed by atoms with Gasteiger partial charge >= 0.3 is 5.97 Å². The molecule has 1 aliphatic rings. The number of allylic oxidation sites excluding steroid dienone is 1. The van der Waals surface area contributed by atoms with Gasteiger partial charge in [0.2, 0.25) is 5.91 Å². The summed E-state index contributed by atoms with van der Waals surface area (Å²) in [6, 6.07) is 5.88. The lowest BCUT2D eigenvalue weighted by molar-refractivity contribution is -0.133. The molecule has 1 heterocycles. The van der Waals surface area contributed by atoms with Crippen LogP contribution in [0.3, 0.4) is 0 Å². The summed E-state index contributed by atoms with van der Waals surface area (Å²) < 4.78 is 0. The molecule has 100 valence electrons. The van der Waals surface area contributed by atoms with Gasteiger partial charge in [-0.05, 0) is 31.9 Å². The summed E-state index contributed by atoms with van der Waals surface area (Å²) in [6.07, 6.45) is 0.183. The molecule has 4 heteroatoms. The molecule has 1 aliphatic heterocycles. The predicted molar refractivity (Wildman–Crippen MR) is 71.8 cm³/mol. The zero-order valence-corrected chi connectivity index (χ0v) is 11.3. The minimum absolute atomic E-state index is 0.132. The summed E-state index contributed by atoms with van der Waals surface area (Å²) in [4.78, 5) is 23.1. The highest BCUT2D eigenvalue weighted by Crippen LogP contribution is 2.34. The highest BCUT2D eigenvalue weighted by molar-refractivity contribution is 5.94. The fourth-order valence-corrected chi connectivity index (χ4v) is 2.67. The van der Waals surface area contributed by atoms with Gasteiger partial charge in [0.05, 0.1) is 5.57 Å². The van der Waals surface area contributed by atoms with Crippen LogP contribution in [0.25, 0.3) is 0 Å². The molecular weight excluding hydrogens is 242 g/mol. The Morgan fingerprint density at radius 2 is 2.00 bits per heavy atom. The molecule has 0 bridgehead atoms. The molecule has 0 radical (unpaired) electrons. The summed E-state index contributed by atoms with van der Waals surface area (Å²) in [5, 5.41) is 12.0. The summed E-state index contributed by atoms with van der Waals surface area (Å²) in [5.74, 6) is -1.47. The number of hydrogen-bond donors (Lipinski definition) is 2. The molecule has 0 spiro atoms. The minimum atomic E-state index is -0.970. The van der Waals surface area contributed by atoms with Crippen molar-refractivity contribution in [1.82, 2.24) is 5.32 Å². The van der Waals surface area contributed by atoms with E-state index < -0.39 is 5.97 Å². The van der Waals surface area contributed by atoms with Crippen molar-refractivity contribution in [2.24, 2.45) is 0 Å². The Morgan fingerprint density at radius 1 is 1.32 bits per heavy atom. The zero-order chi connectivity index (χ0) is 14.2. The molecule has 1 unspecified atom stereocenters. The van der Waals surface area contributed by atoms with Crippen LogP contribution in [0.2, 0.25) is 0 Å². The second-order valence-corrected chi connectivity index (χ2v) is 5.01. The molecule has 0 fully saturated rings. The molecule has 0 aliphatic carbocycles. The number of carboxylic acid groups (broad SMARTS) is 1. The van der Waals surface area contributed by atoms with E-state index in [1.54, 1.807) is 6.92 Å². The van der Waals surface area contributed by atoms with Crippen LogP contribution in [0.1, 0.15) is 36.0 Å². The smallest absolute Gasteiger partial charge is 0.333 e. The van der Waals surface area contributed by atoms with Crippen molar-refractivity contribution in [3.05, 3.63) is 46.2 Å². The van der Waals surface area contributed by atoms with E-state index in [-0.39, 0.29) is 23.8 Å². The molecule has 0 saturated heterocycles. The zero-order valence-electron chi connectivity index (χ0n) is 11.3. The Morgan fingerprint density at radius 3 is 2.58 bits per heavy atom. The van der Waals surface area contributed by atoms with Crippen LogP contribution in [0.15, 0.2) is 29.5 Å². The summed E-state index contributed by atoms with van der Waals surface area (Å²) >= 11 is 0. The number of rotatable bonds is 2. The molecule has 2 N–H and O–H groups in total. The Kier molecular flexibility index (Phi) is 3.42. The van der Waals surface area contributed by atoms with Gasteiger partial charge in [-0.25, -0.2) is 4.79 Å². The van der Waals surface area contributed by atoms with E-state index in [1.807, 2.05) is 32.0 Å². The van der Waals surface area contributed by atoms with Crippen LogP contribution < -0.4 is 5.32 Å². The molecule has 19 heavy (non-hydrogen) atoms. The SMILES string of the molecule is CC1=C(C(=O)O)C(c2ccc(C)cc2C)CC(=O)N1. The van der Waals surface area contributed by atoms with E-state index in [1.165, 1.54) is 0 Å². The van der Waals surface area contributed by atoms with E-state index >= 15 is 0 Å². The van der Waals surface area contributed by atoms with Gasteiger partial charge in [-0.1, -0.05) is 23.8 Å². The Bertz CT molecular complexity index is 587. The standard InChI is InChI=1S/C15H17NO3/c1-8-4-5-11(9(2)6-8)12-7-13(17)16-10(3)14(12)15(18)19/h4-6,12H,7H2,1-3H3,(H,16,17)(H,18,19). The molecule has 0 saturated carbocycles. The average Bonchev–Trinajstić information content (AvgIpc) is 2.26. The predicted octanol–water partition coefficient (Wildman–Crippen LogP) is 2.27. The number of nitrogens with one attached hydrogen (secondary N) is 1. The second kappa shape index (κ2) is 4.88. The number of aryl methyl sites for hydroxylation is 2. The minimum Gasteiger partial charge on any atom is -0.478 e. The maximum absolute atomic E-state index is 11.7. The third kappa shape index (κ3) is 2.52.